The third-order valence-electron chi connectivity index (χ3n) is 4.57. The summed E-state index contributed by atoms with van der Waals surface area (Å²) < 4.78 is 0. The summed E-state index contributed by atoms with van der Waals surface area (Å²) in [5.41, 5.74) is 0.557. The van der Waals surface area contributed by atoms with Crippen molar-refractivity contribution in [2.45, 2.75) is 25.3 Å². The number of hydrogen-bond acceptors (Lipinski definition) is 3. The molecular weight excluding hydrogens is 274 g/mol. The summed E-state index contributed by atoms with van der Waals surface area (Å²) in [4.78, 5) is 21.3. The van der Waals surface area contributed by atoms with E-state index in [-0.39, 0.29) is 5.91 Å². The van der Waals surface area contributed by atoms with Gasteiger partial charge in [0, 0.05) is 30.7 Å². The molecule has 22 heavy (non-hydrogen) atoms. The van der Waals surface area contributed by atoms with E-state index in [1.807, 2.05) is 35.2 Å². The van der Waals surface area contributed by atoms with E-state index < -0.39 is 0 Å². The van der Waals surface area contributed by atoms with Gasteiger partial charge in [-0.25, -0.2) is 0 Å². The maximum atomic E-state index is 12.7. The van der Waals surface area contributed by atoms with Crippen LogP contribution in [0.4, 0.5) is 0 Å². The molecule has 2 heterocycles. The Kier molecular flexibility index (Phi) is 4.39. The number of aromatic nitrogens is 1. The Hall–Kier alpha value is -1.94. The normalized spacial score (nSPS) is 19.4. The molecule has 0 bridgehead atoms. The number of carbonyl (C=O) groups excluding carboxylic acids is 1. The SMILES string of the molecule is CN(C)[C@H]1CCCN(C(=O)c2cc3ccccc3cn2)CC1. The fourth-order valence-electron chi connectivity index (χ4n) is 3.16. The highest BCUT2D eigenvalue weighted by Gasteiger charge is 2.23. The van der Waals surface area contributed by atoms with E-state index in [0.29, 0.717) is 11.7 Å². The average Bonchev–Trinajstić information content (AvgIpc) is 2.80. The molecule has 1 aliphatic heterocycles. The van der Waals surface area contributed by atoms with Crippen LogP contribution in [-0.4, -0.2) is 53.9 Å². The third kappa shape index (κ3) is 3.12. The van der Waals surface area contributed by atoms with E-state index in [9.17, 15) is 4.79 Å². The largest absolute Gasteiger partial charge is 0.337 e. The van der Waals surface area contributed by atoms with Crippen LogP contribution in [0.25, 0.3) is 10.8 Å². The summed E-state index contributed by atoms with van der Waals surface area (Å²) in [6.45, 7) is 1.65. The predicted molar refractivity (Wildman–Crippen MR) is 89.0 cm³/mol. The predicted octanol–water partition coefficient (Wildman–Crippen LogP) is 2.79. The Labute approximate surface area is 131 Å². The molecule has 1 aromatic heterocycles. The monoisotopic (exact) mass is 297 g/mol. The maximum absolute atomic E-state index is 12.7. The van der Waals surface area contributed by atoms with Crippen LogP contribution in [0, 0.1) is 0 Å². The zero-order valence-electron chi connectivity index (χ0n) is 13.3. The molecular formula is C18H23N3O. The molecule has 0 unspecified atom stereocenters. The lowest BCUT2D eigenvalue weighted by Crippen LogP contribution is -2.34. The molecule has 2 aromatic rings. The topological polar surface area (TPSA) is 36.4 Å². The minimum atomic E-state index is 0.0603. The first-order chi connectivity index (χ1) is 10.6. The van der Waals surface area contributed by atoms with Crippen molar-refractivity contribution in [3.63, 3.8) is 0 Å². The summed E-state index contributed by atoms with van der Waals surface area (Å²) in [5.74, 6) is 0.0603. The fourth-order valence-corrected chi connectivity index (χ4v) is 3.16. The highest BCUT2D eigenvalue weighted by Crippen LogP contribution is 2.18. The van der Waals surface area contributed by atoms with Crippen molar-refractivity contribution >= 4 is 16.7 Å². The summed E-state index contributed by atoms with van der Waals surface area (Å²) in [6.07, 6.45) is 5.04. The van der Waals surface area contributed by atoms with Crippen LogP contribution in [0.2, 0.25) is 0 Å². The Bertz CT molecular complexity index is 668. The molecule has 4 heteroatoms. The number of rotatable bonds is 2. The number of pyridine rings is 1. The number of fused-ring (bicyclic) bond motifs is 1. The number of carbonyl (C=O) groups is 1. The quantitative estimate of drug-likeness (QED) is 0.855. The van der Waals surface area contributed by atoms with Crippen molar-refractivity contribution in [1.82, 2.24) is 14.8 Å². The zero-order valence-corrected chi connectivity index (χ0v) is 13.3. The first-order valence-electron chi connectivity index (χ1n) is 7.95. The standard InChI is InChI=1S/C18H23N3O/c1-20(2)16-8-5-10-21(11-9-16)18(22)17-12-14-6-3-4-7-15(14)13-19-17/h3-4,6-7,12-13,16H,5,8-11H2,1-2H3/t16-/m0/s1. The van der Waals surface area contributed by atoms with Gasteiger partial charge in [0.2, 0.25) is 0 Å². The van der Waals surface area contributed by atoms with E-state index >= 15 is 0 Å². The van der Waals surface area contributed by atoms with E-state index in [2.05, 4.69) is 24.0 Å². The molecule has 0 aliphatic carbocycles. The lowest BCUT2D eigenvalue weighted by Gasteiger charge is -2.23. The molecule has 1 aromatic carbocycles. The Morgan fingerprint density at radius 2 is 1.95 bits per heavy atom. The first kappa shape index (κ1) is 15.0. The molecule has 1 atom stereocenters. The second-order valence-electron chi connectivity index (χ2n) is 6.26. The molecule has 116 valence electrons. The molecule has 0 N–H and O–H groups in total. The van der Waals surface area contributed by atoms with Gasteiger partial charge in [0.25, 0.3) is 5.91 Å². The summed E-state index contributed by atoms with van der Waals surface area (Å²) in [7, 11) is 4.24. The molecule has 0 saturated carbocycles. The smallest absolute Gasteiger partial charge is 0.272 e. The van der Waals surface area contributed by atoms with E-state index in [4.69, 9.17) is 0 Å². The summed E-state index contributed by atoms with van der Waals surface area (Å²) >= 11 is 0. The van der Waals surface area contributed by atoms with Gasteiger partial charge in [-0.15, -0.1) is 0 Å². The molecule has 0 radical (unpaired) electrons. The van der Waals surface area contributed by atoms with Crippen molar-refractivity contribution in [2.75, 3.05) is 27.2 Å². The van der Waals surface area contributed by atoms with Crippen molar-refractivity contribution in [3.8, 4) is 0 Å². The number of benzene rings is 1. The second kappa shape index (κ2) is 6.44. The molecule has 4 nitrogen and oxygen atoms in total. The number of hydrogen-bond donors (Lipinski definition) is 0. The van der Waals surface area contributed by atoms with Crippen LogP contribution in [0.3, 0.4) is 0 Å². The van der Waals surface area contributed by atoms with Crippen molar-refractivity contribution < 1.29 is 4.79 Å². The van der Waals surface area contributed by atoms with Gasteiger partial charge in [0.05, 0.1) is 0 Å². The summed E-state index contributed by atoms with van der Waals surface area (Å²) in [6, 6.07) is 10.5. The van der Waals surface area contributed by atoms with Gasteiger partial charge in [-0.1, -0.05) is 24.3 Å². The van der Waals surface area contributed by atoms with Crippen LogP contribution >= 0.6 is 0 Å². The lowest BCUT2D eigenvalue weighted by molar-refractivity contribution is 0.0753. The summed E-state index contributed by atoms with van der Waals surface area (Å²) in [5, 5.41) is 2.14. The van der Waals surface area contributed by atoms with Crippen LogP contribution in [0.1, 0.15) is 29.8 Å². The highest BCUT2D eigenvalue weighted by molar-refractivity contribution is 5.96. The van der Waals surface area contributed by atoms with E-state index in [1.54, 1.807) is 6.20 Å². The van der Waals surface area contributed by atoms with Crippen LogP contribution in [-0.2, 0) is 0 Å². The van der Waals surface area contributed by atoms with Gasteiger partial charge >= 0.3 is 0 Å². The van der Waals surface area contributed by atoms with E-state index in [1.165, 1.54) is 0 Å². The number of nitrogens with zero attached hydrogens (tertiary/aromatic N) is 3. The number of amides is 1. The third-order valence-corrected chi connectivity index (χ3v) is 4.57. The minimum Gasteiger partial charge on any atom is -0.337 e. The number of likely N-dealkylation sites (tertiary alicyclic amines) is 1. The van der Waals surface area contributed by atoms with Gasteiger partial charge in [-0.2, -0.15) is 0 Å². The molecule has 1 aliphatic rings. The van der Waals surface area contributed by atoms with Crippen molar-refractivity contribution in [1.29, 1.82) is 0 Å². The molecule has 3 rings (SSSR count). The van der Waals surface area contributed by atoms with Crippen LogP contribution in [0.15, 0.2) is 36.5 Å². The van der Waals surface area contributed by atoms with Gasteiger partial charge in [0.1, 0.15) is 5.69 Å². The van der Waals surface area contributed by atoms with Crippen LogP contribution < -0.4 is 0 Å². The fraction of sp³-hybridized carbons (Fsp3) is 0.444. The Morgan fingerprint density at radius 1 is 1.18 bits per heavy atom. The first-order valence-corrected chi connectivity index (χ1v) is 7.95. The van der Waals surface area contributed by atoms with Gasteiger partial charge in [0.15, 0.2) is 0 Å². The molecule has 1 saturated heterocycles. The van der Waals surface area contributed by atoms with Gasteiger partial charge < -0.3 is 9.80 Å². The molecule has 1 fully saturated rings. The maximum Gasteiger partial charge on any atom is 0.272 e. The van der Waals surface area contributed by atoms with E-state index in [0.717, 1.165) is 43.1 Å². The molecule has 0 spiro atoms. The van der Waals surface area contributed by atoms with Gasteiger partial charge in [-0.3, -0.25) is 9.78 Å². The van der Waals surface area contributed by atoms with Gasteiger partial charge in [-0.05, 0) is 44.8 Å². The lowest BCUT2D eigenvalue weighted by atomic mass is 10.1. The Balaban J connectivity index is 1.77. The van der Waals surface area contributed by atoms with Crippen molar-refractivity contribution in [3.05, 3.63) is 42.2 Å². The highest BCUT2D eigenvalue weighted by atomic mass is 16.2. The van der Waals surface area contributed by atoms with Crippen LogP contribution in [0.5, 0.6) is 0 Å². The second-order valence-corrected chi connectivity index (χ2v) is 6.26. The van der Waals surface area contributed by atoms with Crippen molar-refractivity contribution in [2.24, 2.45) is 0 Å². The zero-order chi connectivity index (χ0) is 15.5. The average molecular weight is 297 g/mol. The molecule has 1 amide bonds. The Morgan fingerprint density at radius 3 is 2.73 bits per heavy atom. The minimum absolute atomic E-state index is 0.0603.